The molecule has 0 aromatic heterocycles. The maximum absolute atomic E-state index is 13.6. The Hall–Kier alpha value is -2.21. The molecule has 8 aliphatic carbocycles. The summed E-state index contributed by atoms with van der Waals surface area (Å²) in [6.45, 7) is 1.65. The van der Waals surface area contributed by atoms with E-state index in [2.05, 4.69) is 0 Å². The number of halogens is 2. The van der Waals surface area contributed by atoms with E-state index in [-0.39, 0.29) is 31.7 Å². The summed E-state index contributed by atoms with van der Waals surface area (Å²) in [6, 6.07) is 0. The second kappa shape index (κ2) is 9.17. The van der Waals surface area contributed by atoms with Gasteiger partial charge in [0.2, 0.25) is 0 Å². The zero-order valence-corrected chi connectivity index (χ0v) is 24.5. The second-order valence-corrected chi connectivity index (χ2v) is 15.7. The van der Waals surface area contributed by atoms with Crippen molar-refractivity contribution in [3.63, 3.8) is 0 Å². The van der Waals surface area contributed by atoms with Crippen LogP contribution in [0.15, 0.2) is 0 Å². The monoisotopic (exact) mass is 610 g/mol. The average Bonchev–Trinajstić information content (AvgIpc) is 2.91. The van der Waals surface area contributed by atoms with E-state index in [1.807, 2.05) is 0 Å². The molecule has 0 aromatic carbocycles. The van der Waals surface area contributed by atoms with Crippen molar-refractivity contribution < 1.29 is 56.3 Å². The lowest BCUT2D eigenvalue weighted by Crippen LogP contribution is -2.70. The summed E-state index contributed by atoms with van der Waals surface area (Å²) in [5.41, 5.74) is -2.31. The number of ether oxygens (including phenoxy) is 7. The first-order valence-corrected chi connectivity index (χ1v) is 15.9. The molecule has 10 nitrogen and oxygen atoms in total. The van der Waals surface area contributed by atoms with Crippen molar-refractivity contribution in [2.45, 2.75) is 100 Å². The summed E-state index contributed by atoms with van der Waals surface area (Å²) in [5, 5.41) is 0. The number of alkyl halides is 2. The van der Waals surface area contributed by atoms with E-state index >= 15 is 0 Å². The van der Waals surface area contributed by atoms with E-state index in [0.717, 1.165) is 51.4 Å². The smallest absolute Gasteiger partial charge is 0.461 e. The molecule has 0 amide bonds. The molecule has 8 bridgehead atoms. The number of cyclic esters (lactones) is 2. The number of carbonyl (C=O) groups is 3. The van der Waals surface area contributed by atoms with Gasteiger partial charge in [-0.3, -0.25) is 0 Å². The molecule has 4 atom stereocenters. The van der Waals surface area contributed by atoms with Gasteiger partial charge in [-0.2, -0.15) is 8.78 Å². The number of rotatable bonds is 5. The Kier molecular flexibility index (Phi) is 6.03. The van der Waals surface area contributed by atoms with Crippen LogP contribution in [-0.4, -0.2) is 74.2 Å². The van der Waals surface area contributed by atoms with Crippen molar-refractivity contribution in [1.29, 1.82) is 0 Å². The second-order valence-electron chi connectivity index (χ2n) is 15.7. The highest BCUT2D eigenvalue weighted by Gasteiger charge is 2.68. The SMILES string of the molecule is CC(F)(F)C(=O)OCC12CC3CC(C1)CC(OC(=O)OC14CC5CC(C1)C1(OCC6(COC(=O)OC6)CO1)C(C5)C4)(C3)C2. The van der Waals surface area contributed by atoms with Gasteiger partial charge in [-0.05, 0) is 88.4 Å². The van der Waals surface area contributed by atoms with Crippen molar-refractivity contribution in [1.82, 2.24) is 0 Å². The predicted molar refractivity (Wildman–Crippen MR) is 140 cm³/mol. The summed E-state index contributed by atoms with van der Waals surface area (Å²) in [4.78, 5) is 36.8. The van der Waals surface area contributed by atoms with Crippen molar-refractivity contribution >= 4 is 18.3 Å². The van der Waals surface area contributed by atoms with Gasteiger partial charge < -0.3 is 33.2 Å². The van der Waals surface area contributed by atoms with Crippen LogP contribution in [0.5, 0.6) is 0 Å². The number of carbonyl (C=O) groups excluding carboxylic acids is 3. The predicted octanol–water partition coefficient (Wildman–Crippen LogP) is 5.15. The summed E-state index contributed by atoms with van der Waals surface area (Å²) < 4.78 is 68.0. The molecule has 0 N–H and O–H groups in total. The first kappa shape index (κ1) is 28.3. The van der Waals surface area contributed by atoms with Gasteiger partial charge in [0.05, 0.1) is 25.2 Å². The average molecular weight is 611 g/mol. The number of hydrogen-bond donors (Lipinski definition) is 0. The zero-order valence-electron chi connectivity index (χ0n) is 24.5. The summed E-state index contributed by atoms with van der Waals surface area (Å²) >= 11 is 0. The Morgan fingerprint density at radius 3 is 2.00 bits per heavy atom. The molecule has 12 heteroatoms. The molecule has 2 aliphatic heterocycles. The summed E-state index contributed by atoms with van der Waals surface area (Å²) in [6.07, 6.45) is 7.18. The Balaban J connectivity index is 0.932. The van der Waals surface area contributed by atoms with Crippen LogP contribution in [-0.2, 0) is 38.0 Å². The largest absolute Gasteiger partial charge is 0.509 e. The Labute approximate surface area is 248 Å². The highest BCUT2D eigenvalue weighted by Crippen LogP contribution is 2.65. The number of hydrogen-bond acceptors (Lipinski definition) is 10. The van der Waals surface area contributed by atoms with E-state index in [1.54, 1.807) is 0 Å². The third-order valence-corrected chi connectivity index (χ3v) is 12.1. The first-order chi connectivity index (χ1) is 20.3. The van der Waals surface area contributed by atoms with Crippen molar-refractivity contribution in [2.24, 2.45) is 40.4 Å². The fourth-order valence-corrected chi connectivity index (χ4v) is 11.1. The van der Waals surface area contributed by atoms with Gasteiger partial charge in [0.25, 0.3) is 0 Å². The van der Waals surface area contributed by atoms with Crippen LogP contribution in [0.1, 0.15) is 77.6 Å². The van der Waals surface area contributed by atoms with E-state index in [9.17, 15) is 23.2 Å². The molecule has 43 heavy (non-hydrogen) atoms. The number of esters is 1. The molecule has 0 radical (unpaired) electrons. The lowest BCUT2D eigenvalue weighted by molar-refractivity contribution is -0.398. The van der Waals surface area contributed by atoms with E-state index < -0.39 is 52.0 Å². The third kappa shape index (κ3) is 4.63. The molecular weight excluding hydrogens is 570 g/mol. The molecular formula is C31H40F2O10. The Morgan fingerprint density at radius 2 is 1.40 bits per heavy atom. The maximum atomic E-state index is 13.6. The van der Waals surface area contributed by atoms with Crippen molar-refractivity contribution in [3.05, 3.63) is 0 Å². The van der Waals surface area contributed by atoms with Gasteiger partial charge in [-0.15, -0.1) is 0 Å². The fraction of sp³-hybridized carbons (Fsp3) is 0.903. The molecule has 2 saturated heterocycles. The van der Waals surface area contributed by atoms with Crippen LogP contribution in [0, 0.1) is 40.4 Å². The van der Waals surface area contributed by atoms with Crippen LogP contribution < -0.4 is 0 Å². The molecule has 10 aliphatic rings. The van der Waals surface area contributed by atoms with Gasteiger partial charge in [-0.1, -0.05) is 0 Å². The normalized spacial score (nSPS) is 44.6. The lowest BCUT2D eigenvalue weighted by Gasteiger charge is -2.65. The van der Waals surface area contributed by atoms with Gasteiger partial charge in [-0.25, -0.2) is 14.4 Å². The Morgan fingerprint density at radius 1 is 0.814 bits per heavy atom. The summed E-state index contributed by atoms with van der Waals surface area (Å²) in [7, 11) is 0. The molecule has 10 fully saturated rings. The van der Waals surface area contributed by atoms with Gasteiger partial charge in [0, 0.05) is 24.2 Å². The Bertz CT molecular complexity index is 1160. The van der Waals surface area contributed by atoms with E-state index in [1.165, 1.54) is 0 Å². The first-order valence-electron chi connectivity index (χ1n) is 15.9. The highest BCUT2D eigenvalue weighted by atomic mass is 19.3. The molecule has 2 heterocycles. The van der Waals surface area contributed by atoms with Gasteiger partial charge in [0.1, 0.15) is 24.4 Å². The van der Waals surface area contributed by atoms with Crippen LogP contribution >= 0.6 is 0 Å². The van der Waals surface area contributed by atoms with Gasteiger partial charge in [0.15, 0.2) is 5.79 Å². The minimum atomic E-state index is -3.54. The summed E-state index contributed by atoms with van der Waals surface area (Å²) in [5.74, 6) is -4.62. The van der Waals surface area contributed by atoms with Crippen molar-refractivity contribution in [3.8, 4) is 0 Å². The van der Waals surface area contributed by atoms with Gasteiger partial charge >= 0.3 is 24.2 Å². The minimum absolute atomic E-state index is 0.0741. The van der Waals surface area contributed by atoms with E-state index in [0.29, 0.717) is 57.2 Å². The maximum Gasteiger partial charge on any atom is 0.509 e. The highest BCUT2D eigenvalue weighted by molar-refractivity contribution is 5.76. The van der Waals surface area contributed by atoms with Crippen LogP contribution in [0.4, 0.5) is 18.4 Å². The molecule has 4 unspecified atom stereocenters. The fourth-order valence-electron chi connectivity index (χ4n) is 11.1. The molecule has 8 saturated carbocycles. The van der Waals surface area contributed by atoms with E-state index in [4.69, 9.17) is 33.2 Å². The topological polar surface area (TPSA) is 116 Å². The van der Waals surface area contributed by atoms with Crippen LogP contribution in [0.3, 0.4) is 0 Å². The standard InChI is InChI=1S/C31H40F2O10/c1-26(32,33)23(34)37-13-27-5-19-2-20(6-27)9-30(8-19,12-27)43-25(36)42-29-7-18-3-21(10-29)31(22(4-18)11-29)40-16-28(17-41-31)14-38-24(35)39-15-28/h18-22H,2-17H2,1H3. The van der Waals surface area contributed by atoms with Crippen LogP contribution in [0.2, 0.25) is 0 Å². The van der Waals surface area contributed by atoms with Crippen LogP contribution in [0.25, 0.3) is 0 Å². The van der Waals surface area contributed by atoms with Crippen molar-refractivity contribution in [2.75, 3.05) is 33.0 Å². The molecule has 2 spiro atoms. The molecule has 238 valence electrons. The lowest BCUT2D eigenvalue weighted by atomic mass is 9.48. The quantitative estimate of drug-likeness (QED) is 0.306. The molecule has 0 aromatic rings. The zero-order chi connectivity index (χ0) is 29.9. The minimum Gasteiger partial charge on any atom is -0.461 e. The third-order valence-electron chi connectivity index (χ3n) is 12.1. The molecule has 10 rings (SSSR count).